The first kappa shape index (κ1) is 12.1. The Labute approximate surface area is 109 Å². The van der Waals surface area contributed by atoms with Crippen molar-refractivity contribution >= 4 is 23.1 Å². The van der Waals surface area contributed by atoms with Crippen LogP contribution in [0, 0.1) is 11.3 Å². The average molecular weight is 257 g/mol. The highest BCUT2D eigenvalue weighted by Crippen LogP contribution is 2.36. The summed E-state index contributed by atoms with van der Waals surface area (Å²) in [5.41, 5.74) is 13.2. The Kier molecular flexibility index (Phi) is 3.31. The van der Waals surface area contributed by atoms with Crippen LogP contribution in [0.3, 0.4) is 0 Å². The van der Waals surface area contributed by atoms with Crippen LogP contribution >= 0.6 is 11.8 Å². The van der Waals surface area contributed by atoms with E-state index in [1.54, 1.807) is 30.3 Å². The summed E-state index contributed by atoms with van der Waals surface area (Å²) in [6.07, 6.45) is 0. The van der Waals surface area contributed by atoms with Crippen LogP contribution in [-0.4, -0.2) is 5.11 Å². The zero-order valence-electron chi connectivity index (χ0n) is 9.42. The molecule has 90 valence electrons. The lowest BCUT2D eigenvalue weighted by atomic mass is 10.2. The fourth-order valence-corrected chi connectivity index (χ4v) is 2.47. The minimum Gasteiger partial charge on any atom is -0.508 e. The van der Waals surface area contributed by atoms with E-state index in [4.69, 9.17) is 16.7 Å². The normalized spacial score (nSPS) is 9.94. The van der Waals surface area contributed by atoms with Gasteiger partial charge in [0.05, 0.1) is 5.56 Å². The van der Waals surface area contributed by atoms with E-state index in [9.17, 15) is 5.11 Å². The maximum Gasteiger partial charge on any atom is 0.116 e. The van der Waals surface area contributed by atoms with Crippen molar-refractivity contribution in [3.8, 4) is 11.8 Å². The molecular formula is C13H11N3OS. The van der Waals surface area contributed by atoms with Crippen molar-refractivity contribution in [2.75, 3.05) is 11.5 Å². The van der Waals surface area contributed by atoms with Crippen molar-refractivity contribution in [1.29, 1.82) is 5.26 Å². The molecule has 0 unspecified atom stereocenters. The number of aromatic hydroxyl groups is 1. The van der Waals surface area contributed by atoms with Gasteiger partial charge in [-0.25, -0.2) is 0 Å². The topological polar surface area (TPSA) is 96.1 Å². The number of nitriles is 1. The largest absolute Gasteiger partial charge is 0.508 e. The first-order valence-electron chi connectivity index (χ1n) is 5.16. The summed E-state index contributed by atoms with van der Waals surface area (Å²) < 4.78 is 0. The summed E-state index contributed by atoms with van der Waals surface area (Å²) in [4.78, 5) is 1.41. The number of hydrogen-bond donors (Lipinski definition) is 3. The summed E-state index contributed by atoms with van der Waals surface area (Å²) in [7, 11) is 0. The second-order valence-corrected chi connectivity index (χ2v) is 4.78. The summed E-state index contributed by atoms with van der Waals surface area (Å²) >= 11 is 1.31. The van der Waals surface area contributed by atoms with Gasteiger partial charge in [-0.1, -0.05) is 11.8 Å². The van der Waals surface area contributed by atoms with Crippen molar-refractivity contribution in [3.63, 3.8) is 0 Å². The van der Waals surface area contributed by atoms with Gasteiger partial charge < -0.3 is 16.6 Å². The lowest BCUT2D eigenvalue weighted by Gasteiger charge is -2.08. The molecular weight excluding hydrogens is 246 g/mol. The minimum atomic E-state index is 0.133. The third-order valence-corrected chi connectivity index (χ3v) is 3.47. The van der Waals surface area contributed by atoms with Gasteiger partial charge in [0.25, 0.3) is 0 Å². The van der Waals surface area contributed by atoms with Crippen molar-refractivity contribution in [2.45, 2.75) is 9.79 Å². The van der Waals surface area contributed by atoms with E-state index in [-0.39, 0.29) is 5.75 Å². The third kappa shape index (κ3) is 2.50. The number of rotatable bonds is 2. The van der Waals surface area contributed by atoms with Crippen LogP contribution in [0.15, 0.2) is 46.2 Å². The molecule has 0 saturated heterocycles. The third-order valence-electron chi connectivity index (χ3n) is 2.34. The second kappa shape index (κ2) is 4.90. The van der Waals surface area contributed by atoms with Crippen molar-refractivity contribution < 1.29 is 5.11 Å². The van der Waals surface area contributed by atoms with Crippen LogP contribution in [0.1, 0.15) is 5.56 Å². The molecule has 0 aliphatic rings. The lowest BCUT2D eigenvalue weighted by Crippen LogP contribution is -1.91. The Balaban J connectivity index is 2.43. The Hall–Kier alpha value is -2.32. The number of hydrogen-bond acceptors (Lipinski definition) is 5. The van der Waals surface area contributed by atoms with Gasteiger partial charge in [0.1, 0.15) is 11.8 Å². The van der Waals surface area contributed by atoms with Gasteiger partial charge in [0, 0.05) is 21.2 Å². The fraction of sp³-hybridized carbons (Fsp3) is 0. The molecule has 0 aliphatic heterocycles. The SMILES string of the molecule is N#Cc1ccc(N)cc1Sc1cc(O)ccc1N. The number of nitrogens with zero attached hydrogens (tertiary/aromatic N) is 1. The van der Waals surface area contributed by atoms with Gasteiger partial charge in [0.15, 0.2) is 0 Å². The summed E-state index contributed by atoms with van der Waals surface area (Å²) in [5, 5.41) is 18.5. The molecule has 5 heteroatoms. The van der Waals surface area contributed by atoms with Crippen LogP contribution < -0.4 is 11.5 Å². The summed E-state index contributed by atoms with van der Waals surface area (Å²) in [6.45, 7) is 0. The molecule has 5 N–H and O–H groups in total. The molecule has 4 nitrogen and oxygen atoms in total. The van der Waals surface area contributed by atoms with E-state index < -0.39 is 0 Å². The monoisotopic (exact) mass is 257 g/mol. The fourth-order valence-electron chi connectivity index (χ4n) is 1.45. The first-order valence-corrected chi connectivity index (χ1v) is 5.98. The molecule has 0 radical (unpaired) electrons. The number of phenols is 1. The van der Waals surface area contributed by atoms with E-state index >= 15 is 0 Å². The smallest absolute Gasteiger partial charge is 0.116 e. The quantitative estimate of drug-likeness (QED) is 0.567. The molecule has 0 spiro atoms. The van der Waals surface area contributed by atoms with Crippen LogP contribution in [0.4, 0.5) is 11.4 Å². The van der Waals surface area contributed by atoms with Crippen molar-refractivity contribution in [3.05, 3.63) is 42.0 Å². The molecule has 2 aromatic carbocycles. The molecule has 0 aromatic heterocycles. The van der Waals surface area contributed by atoms with E-state index in [2.05, 4.69) is 6.07 Å². The molecule has 2 aromatic rings. The second-order valence-electron chi connectivity index (χ2n) is 3.69. The van der Waals surface area contributed by atoms with Gasteiger partial charge >= 0.3 is 0 Å². The van der Waals surface area contributed by atoms with E-state index in [0.717, 1.165) is 4.90 Å². The average Bonchev–Trinajstić information content (AvgIpc) is 2.34. The molecule has 0 saturated carbocycles. The molecule has 0 amide bonds. The van der Waals surface area contributed by atoms with Crippen molar-refractivity contribution in [2.24, 2.45) is 0 Å². The van der Waals surface area contributed by atoms with Crippen LogP contribution in [0.25, 0.3) is 0 Å². The zero-order valence-corrected chi connectivity index (χ0v) is 10.2. The number of nitrogens with two attached hydrogens (primary N) is 2. The lowest BCUT2D eigenvalue weighted by molar-refractivity contribution is 0.474. The van der Waals surface area contributed by atoms with Crippen LogP contribution in [-0.2, 0) is 0 Å². The molecule has 2 rings (SSSR count). The Morgan fingerprint density at radius 1 is 1.06 bits per heavy atom. The predicted molar refractivity (Wildman–Crippen MR) is 72.2 cm³/mol. The zero-order chi connectivity index (χ0) is 13.1. The Bertz CT molecular complexity index is 635. The van der Waals surface area contributed by atoms with Gasteiger partial charge in [0.2, 0.25) is 0 Å². The molecule has 0 heterocycles. The van der Waals surface area contributed by atoms with E-state index in [1.165, 1.54) is 17.8 Å². The highest BCUT2D eigenvalue weighted by Gasteiger charge is 2.08. The number of benzene rings is 2. The molecule has 18 heavy (non-hydrogen) atoms. The molecule has 0 bridgehead atoms. The van der Waals surface area contributed by atoms with Crippen LogP contribution in [0.2, 0.25) is 0 Å². The van der Waals surface area contributed by atoms with Crippen LogP contribution in [0.5, 0.6) is 5.75 Å². The first-order chi connectivity index (χ1) is 8.60. The molecule has 0 aliphatic carbocycles. The number of phenolic OH excluding ortho intramolecular Hbond substituents is 1. The Morgan fingerprint density at radius 2 is 1.83 bits per heavy atom. The molecule has 0 atom stereocenters. The maximum atomic E-state index is 9.44. The van der Waals surface area contributed by atoms with Gasteiger partial charge in [-0.2, -0.15) is 5.26 Å². The number of anilines is 2. The summed E-state index contributed by atoms with van der Waals surface area (Å²) in [5.74, 6) is 0.133. The van der Waals surface area contributed by atoms with Crippen molar-refractivity contribution in [1.82, 2.24) is 0 Å². The van der Waals surface area contributed by atoms with Gasteiger partial charge in [-0.3, -0.25) is 0 Å². The molecule has 0 fully saturated rings. The van der Waals surface area contributed by atoms with Gasteiger partial charge in [-0.15, -0.1) is 0 Å². The highest BCUT2D eigenvalue weighted by atomic mass is 32.2. The van der Waals surface area contributed by atoms with E-state index in [1.807, 2.05) is 0 Å². The maximum absolute atomic E-state index is 9.44. The van der Waals surface area contributed by atoms with Gasteiger partial charge in [-0.05, 0) is 36.4 Å². The Morgan fingerprint density at radius 3 is 2.56 bits per heavy atom. The summed E-state index contributed by atoms with van der Waals surface area (Å²) in [6, 6.07) is 11.8. The number of nitrogen functional groups attached to an aromatic ring is 2. The minimum absolute atomic E-state index is 0.133. The standard InChI is InChI=1S/C13H11N3OS/c14-7-8-1-2-9(15)5-12(8)18-13-6-10(17)3-4-11(13)16/h1-6,17H,15-16H2. The highest BCUT2D eigenvalue weighted by molar-refractivity contribution is 7.99. The van der Waals surface area contributed by atoms with E-state index in [0.29, 0.717) is 21.8 Å². The predicted octanol–water partition coefficient (Wildman–Crippen LogP) is 2.58.